The molecule has 0 aliphatic heterocycles. The highest BCUT2D eigenvalue weighted by Crippen LogP contribution is 2.39. The molecule has 1 aliphatic rings. The fourth-order valence-electron chi connectivity index (χ4n) is 4.22. The first-order chi connectivity index (χ1) is 15.8. The van der Waals surface area contributed by atoms with E-state index in [9.17, 15) is 26.7 Å². The molecule has 2 aromatic carbocycles. The average Bonchev–Trinajstić information content (AvgIpc) is 2.98. The van der Waals surface area contributed by atoms with Crippen LogP contribution in [-0.4, -0.2) is 28.9 Å². The number of hydrogen-bond donors (Lipinski definition) is 2. The molecule has 1 aromatic heterocycles. The summed E-state index contributed by atoms with van der Waals surface area (Å²) < 4.78 is 85.0. The van der Waals surface area contributed by atoms with E-state index >= 15 is 4.39 Å². The lowest BCUT2D eigenvalue weighted by molar-refractivity contribution is -0.137. The van der Waals surface area contributed by atoms with Gasteiger partial charge in [-0.2, -0.15) is 13.2 Å². The summed E-state index contributed by atoms with van der Waals surface area (Å²) in [6, 6.07) is 7.22. The third-order valence-corrected chi connectivity index (χ3v) is 7.98. The molecule has 0 unspecified atom stereocenters. The van der Waals surface area contributed by atoms with Gasteiger partial charge >= 0.3 is 6.18 Å². The monoisotopic (exact) mass is 498 g/mol. The van der Waals surface area contributed by atoms with E-state index in [0.717, 1.165) is 18.6 Å². The molecule has 1 fully saturated rings. The molecule has 0 atom stereocenters. The number of benzene rings is 2. The van der Waals surface area contributed by atoms with E-state index in [0.29, 0.717) is 29.3 Å². The van der Waals surface area contributed by atoms with Crippen LogP contribution >= 0.6 is 0 Å². The van der Waals surface area contributed by atoms with Crippen LogP contribution in [0.25, 0.3) is 22.0 Å². The molecule has 184 valence electrons. The number of halogens is 4. The zero-order valence-electron chi connectivity index (χ0n) is 18.8. The van der Waals surface area contributed by atoms with Crippen LogP contribution in [0.1, 0.15) is 44.2 Å². The molecular formula is C24H26F4N2O3S. The number of alkyl halides is 3. The molecule has 4 rings (SSSR count). The van der Waals surface area contributed by atoms with Crippen molar-refractivity contribution >= 4 is 20.9 Å². The van der Waals surface area contributed by atoms with Crippen LogP contribution in [0.5, 0.6) is 0 Å². The Balaban J connectivity index is 1.82. The Morgan fingerprint density at radius 3 is 2.38 bits per heavy atom. The standard InChI is InChI=1S/C24H26F4N2O3S/c1-23(2,31)14-30-13-15(12-29-34(32,33)16-6-5-7-16)18-10-21(25)19(11-22(18)30)17-8-3-4-9-20(17)24(26,27)28/h3-4,8-11,13,16,29,31H,5-7,12,14H2,1-2H3. The number of nitrogens with zero attached hydrogens (tertiary/aromatic N) is 1. The van der Waals surface area contributed by atoms with Gasteiger partial charge in [0.05, 0.1) is 23.0 Å². The zero-order chi connectivity index (χ0) is 24.9. The Morgan fingerprint density at radius 2 is 1.79 bits per heavy atom. The van der Waals surface area contributed by atoms with Gasteiger partial charge in [-0.25, -0.2) is 17.5 Å². The molecule has 0 spiro atoms. The lowest BCUT2D eigenvalue weighted by atomic mass is 9.97. The number of aliphatic hydroxyl groups is 1. The first kappa shape index (κ1) is 24.7. The summed E-state index contributed by atoms with van der Waals surface area (Å²) >= 11 is 0. The summed E-state index contributed by atoms with van der Waals surface area (Å²) in [6.07, 6.45) is -1.04. The van der Waals surface area contributed by atoms with Gasteiger partial charge in [-0.15, -0.1) is 0 Å². The summed E-state index contributed by atoms with van der Waals surface area (Å²) in [6.45, 7) is 3.12. The van der Waals surface area contributed by atoms with E-state index in [-0.39, 0.29) is 24.2 Å². The number of sulfonamides is 1. The summed E-state index contributed by atoms with van der Waals surface area (Å²) in [5, 5.41) is 10.3. The van der Waals surface area contributed by atoms with Crippen LogP contribution in [0, 0.1) is 5.82 Å². The normalized spacial score (nSPS) is 15.6. The van der Waals surface area contributed by atoms with Gasteiger partial charge in [0.1, 0.15) is 5.82 Å². The Labute approximate surface area is 195 Å². The molecule has 3 aromatic rings. The molecule has 1 aliphatic carbocycles. The molecular weight excluding hydrogens is 472 g/mol. The van der Waals surface area contributed by atoms with Crippen LogP contribution in [0.2, 0.25) is 0 Å². The summed E-state index contributed by atoms with van der Waals surface area (Å²) in [5.41, 5.74) is -1.78. The van der Waals surface area contributed by atoms with Gasteiger partial charge in [0.2, 0.25) is 10.0 Å². The van der Waals surface area contributed by atoms with Crippen molar-refractivity contribution in [3.05, 3.63) is 59.5 Å². The van der Waals surface area contributed by atoms with Crippen molar-refractivity contribution in [2.24, 2.45) is 0 Å². The number of hydrogen-bond acceptors (Lipinski definition) is 3. The van der Waals surface area contributed by atoms with E-state index in [1.165, 1.54) is 24.3 Å². The van der Waals surface area contributed by atoms with Gasteiger partial charge in [0.15, 0.2) is 0 Å². The maximum Gasteiger partial charge on any atom is 0.417 e. The summed E-state index contributed by atoms with van der Waals surface area (Å²) in [4.78, 5) is 0. The van der Waals surface area contributed by atoms with Crippen molar-refractivity contribution in [1.29, 1.82) is 0 Å². The third kappa shape index (κ3) is 4.99. The molecule has 0 radical (unpaired) electrons. The van der Waals surface area contributed by atoms with E-state index < -0.39 is 38.4 Å². The second kappa shape index (κ2) is 8.66. The first-order valence-corrected chi connectivity index (χ1v) is 12.5. The molecule has 0 amide bonds. The van der Waals surface area contributed by atoms with E-state index in [4.69, 9.17) is 0 Å². The second-order valence-corrected chi connectivity index (χ2v) is 11.5. The van der Waals surface area contributed by atoms with Crippen LogP contribution in [0.3, 0.4) is 0 Å². The fraction of sp³-hybridized carbons (Fsp3) is 0.417. The Hall–Kier alpha value is -2.43. The molecule has 5 nitrogen and oxygen atoms in total. The van der Waals surface area contributed by atoms with E-state index in [1.54, 1.807) is 24.6 Å². The number of aromatic nitrogens is 1. The minimum absolute atomic E-state index is 0.0743. The summed E-state index contributed by atoms with van der Waals surface area (Å²) in [5.74, 6) is -0.853. The number of rotatable bonds is 7. The minimum Gasteiger partial charge on any atom is -0.389 e. The number of fused-ring (bicyclic) bond motifs is 1. The van der Waals surface area contributed by atoms with Gasteiger partial charge in [-0.1, -0.05) is 24.6 Å². The quantitative estimate of drug-likeness (QED) is 0.440. The topological polar surface area (TPSA) is 71.3 Å². The van der Waals surface area contributed by atoms with Gasteiger partial charge in [-0.05, 0) is 56.0 Å². The third-order valence-electron chi connectivity index (χ3n) is 6.09. The highest BCUT2D eigenvalue weighted by atomic mass is 32.2. The molecule has 10 heteroatoms. The minimum atomic E-state index is -4.67. The Kier molecular flexibility index (Phi) is 6.28. The van der Waals surface area contributed by atoms with Crippen molar-refractivity contribution in [3.63, 3.8) is 0 Å². The second-order valence-electron chi connectivity index (χ2n) is 9.41. The van der Waals surface area contributed by atoms with Crippen LogP contribution in [0.4, 0.5) is 17.6 Å². The largest absolute Gasteiger partial charge is 0.417 e. The lowest BCUT2D eigenvalue weighted by Crippen LogP contribution is -2.38. The van der Waals surface area contributed by atoms with Gasteiger partial charge < -0.3 is 9.67 Å². The molecule has 1 saturated carbocycles. The van der Waals surface area contributed by atoms with Crippen LogP contribution < -0.4 is 4.72 Å². The predicted octanol–water partition coefficient (Wildman–Crippen LogP) is 5.21. The molecule has 1 heterocycles. The SMILES string of the molecule is CC(C)(O)Cn1cc(CNS(=O)(=O)C2CCC2)c2cc(F)c(-c3ccccc3C(F)(F)F)cc21. The van der Waals surface area contributed by atoms with Crippen molar-refractivity contribution < 1.29 is 31.1 Å². The predicted molar refractivity (Wildman–Crippen MR) is 122 cm³/mol. The molecule has 2 N–H and O–H groups in total. The van der Waals surface area contributed by atoms with Crippen molar-refractivity contribution in [2.75, 3.05) is 0 Å². The lowest BCUT2D eigenvalue weighted by Gasteiger charge is -2.25. The number of nitrogens with one attached hydrogen (secondary N) is 1. The van der Waals surface area contributed by atoms with Crippen molar-refractivity contribution in [3.8, 4) is 11.1 Å². The first-order valence-electron chi connectivity index (χ1n) is 10.9. The van der Waals surface area contributed by atoms with Crippen LogP contribution in [0.15, 0.2) is 42.6 Å². The van der Waals surface area contributed by atoms with Crippen molar-refractivity contribution in [2.45, 2.75) is 63.2 Å². The van der Waals surface area contributed by atoms with Crippen LogP contribution in [-0.2, 0) is 29.3 Å². The average molecular weight is 499 g/mol. The van der Waals surface area contributed by atoms with Gasteiger partial charge in [0, 0.05) is 29.2 Å². The Morgan fingerprint density at radius 1 is 1.12 bits per heavy atom. The zero-order valence-corrected chi connectivity index (χ0v) is 19.6. The molecule has 34 heavy (non-hydrogen) atoms. The molecule has 0 bridgehead atoms. The van der Waals surface area contributed by atoms with E-state index in [2.05, 4.69) is 4.72 Å². The maximum atomic E-state index is 15.2. The smallest absolute Gasteiger partial charge is 0.389 e. The van der Waals surface area contributed by atoms with Gasteiger partial charge in [-0.3, -0.25) is 0 Å². The highest BCUT2D eigenvalue weighted by molar-refractivity contribution is 7.90. The summed E-state index contributed by atoms with van der Waals surface area (Å²) in [7, 11) is -3.53. The Bertz CT molecular complexity index is 1320. The van der Waals surface area contributed by atoms with Crippen molar-refractivity contribution in [1.82, 2.24) is 9.29 Å². The maximum absolute atomic E-state index is 15.2. The molecule has 0 saturated heterocycles. The fourth-order valence-corrected chi connectivity index (χ4v) is 5.77. The van der Waals surface area contributed by atoms with E-state index in [1.807, 2.05) is 0 Å². The van der Waals surface area contributed by atoms with Gasteiger partial charge in [0.25, 0.3) is 0 Å². The highest BCUT2D eigenvalue weighted by Gasteiger charge is 2.34.